The summed E-state index contributed by atoms with van der Waals surface area (Å²) in [6.07, 6.45) is 0.427. The lowest BCUT2D eigenvalue weighted by molar-refractivity contribution is 0.100. The highest BCUT2D eigenvalue weighted by atomic mass is 16.1. The van der Waals surface area contributed by atoms with Gasteiger partial charge in [0.25, 0.3) is 0 Å². The van der Waals surface area contributed by atoms with Crippen LogP contribution in [0.3, 0.4) is 0 Å². The average Bonchev–Trinajstić information content (AvgIpc) is 2.85. The number of ketones is 3. The van der Waals surface area contributed by atoms with Crippen molar-refractivity contribution < 1.29 is 14.4 Å². The van der Waals surface area contributed by atoms with E-state index in [0.29, 0.717) is 40.8 Å². The number of carbonyl (C=O) groups is 3. The third-order valence-electron chi connectivity index (χ3n) is 5.50. The van der Waals surface area contributed by atoms with Crippen molar-refractivity contribution in [1.29, 1.82) is 0 Å². The van der Waals surface area contributed by atoms with Crippen LogP contribution in [0.1, 0.15) is 63.2 Å². The van der Waals surface area contributed by atoms with Crippen LogP contribution in [-0.4, -0.2) is 32.3 Å². The van der Waals surface area contributed by atoms with Gasteiger partial charge < -0.3 is 10.6 Å². The molecule has 1 aromatic heterocycles. The Morgan fingerprint density at radius 3 is 1.28 bits per heavy atom. The summed E-state index contributed by atoms with van der Waals surface area (Å²) >= 11 is 0. The summed E-state index contributed by atoms with van der Waals surface area (Å²) in [6, 6.07) is 21.4. The second-order valence-corrected chi connectivity index (χ2v) is 8.35. The second-order valence-electron chi connectivity index (χ2n) is 8.35. The van der Waals surface area contributed by atoms with Crippen LogP contribution < -0.4 is 10.6 Å². The maximum absolute atomic E-state index is 11.6. The third kappa shape index (κ3) is 6.24. The molecule has 0 amide bonds. The Bertz CT molecular complexity index is 1230. The van der Waals surface area contributed by atoms with Gasteiger partial charge in [0.05, 0.1) is 0 Å². The molecule has 0 bridgehead atoms. The van der Waals surface area contributed by atoms with Crippen LogP contribution in [0.2, 0.25) is 0 Å². The van der Waals surface area contributed by atoms with E-state index in [1.54, 1.807) is 60.7 Å². The van der Waals surface area contributed by atoms with E-state index in [1.165, 1.54) is 20.8 Å². The lowest BCUT2D eigenvalue weighted by Crippen LogP contribution is -2.08. The molecule has 1 heterocycles. The second kappa shape index (κ2) is 10.7. The number of rotatable bonds is 9. The maximum Gasteiger partial charge on any atom is 0.232 e. The normalized spacial score (nSPS) is 10.5. The van der Waals surface area contributed by atoms with Crippen LogP contribution in [0.5, 0.6) is 0 Å². The molecule has 8 nitrogen and oxygen atoms in total. The molecule has 0 fully saturated rings. The lowest BCUT2D eigenvalue weighted by Gasteiger charge is -2.11. The van der Waals surface area contributed by atoms with Gasteiger partial charge in [-0.2, -0.15) is 15.0 Å². The highest BCUT2D eigenvalue weighted by molar-refractivity contribution is 5.95. The number of Topliss-reactive ketones (excluding diaryl/α,β-unsaturated/α-hetero) is 3. The molecule has 0 aliphatic heterocycles. The molecule has 8 heteroatoms. The van der Waals surface area contributed by atoms with Gasteiger partial charge in [-0.1, -0.05) is 24.3 Å². The molecule has 0 saturated carbocycles. The predicted octanol–water partition coefficient (Wildman–Crippen LogP) is 5.56. The van der Waals surface area contributed by atoms with Crippen LogP contribution >= 0.6 is 0 Å². The van der Waals surface area contributed by atoms with Crippen LogP contribution in [0.25, 0.3) is 0 Å². The van der Waals surface area contributed by atoms with E-state index < -0.39 is 0 Å². The Balaban J connectivity index is 1.62. The van der Waals surface area contributed by atoms with Gasteiger partial charge in [-0.25, -0.2) is 0 Å². The smallest absolute Gasteiger partial charge is 0.232 e. The van der Waals surface area contributed by atoms with Crippen molar-refractivity contribution in [3.8, 4) is 0 Å². The van der Waals surface area contributed by atoms with Crippen molar-refractivity contribution in [3.05, 3.63) is 101 Å². The first-order valence-electron chi connectivity index (χ1n) is 11.4. The molecule has 36 heavy (non-hydrogen) atoms. The number of benzene rings is 3. The molecule has 3 aromatic carbocycles. The Labute approximate surface area is 208 Å². The minimum absolute atomic E-state index is 0.00580. The predicted molar refractivity (Wildman–Crippen MR) is 139 cm³/mol. The van der Waals surface area contributed by atoms with Gasteiger partial charge in [0.15, 0.2) is 17.3 Å². The van der Waals surface area contributed by atoms with E-state index in [-0.39, 0.29) is 17.3 Å². The van der Waals surface area contributed by atoms with Gasteiger partial charge >= 0.3 is 0 Å². The fourth-order valence-electron chi connectivity index (χ4n) is 3.49. The van der Waals surface area contributed by atoms with Crippen LogP contribution in [-0.2, 0) is 6.42 Å². The molecule has 180 valence electrons. The molecule has 4 aromatic rings. The Morgan fingerprint density at radius 2 is 0.917 bits per heavy atom. The molecule has 0 unspecified atom stereocenters. The molecule has 0 atom stereocenters. The topological polar surface area (TPSA) is 114 Å². The molecule has 0 aliphatic rings. The molecule has 0 spiro atoms. The summed E-state index contributed by atoms with van der Waals surface area (Å²) in [5.74, 6) is 1.17. The molecule has 0 radical (unpaired) electrons. The van der Waals surface area contributed by atoms with Crippen molar-refractivity contribution in [3.63, 3.8) is 0 Å². The number of hydrogen-bond donors (Lipinski definition) is 2. The SMILES string of the molecule is CC(=O)c1ccc(Cc2nc(Nc3ccc(C(C)=O)cc3)nc(Nc3ccc(C(C)=O)cc3)n2)cc1. The third-order valence-corrected chi connectivity index (χ3v) is 5.50. The summed E-state index contributed by atoms with van der Waals surface area (Å²) in [6.45, 7) is 4.57. The summed E-state index contributed by atoms with van der Waals surface area (Å²) < 4.78 is 0. The highest BCUT2D eigenvalue weighted by Gasteiger charge is 2.10. The Morgan fingerprint density at radius 1 is 0.556 bits per heavy atom. The van der Waals surface area contributed by atoms with Gasteiger partial charge in [-0.05, 0) is 74.9 Å². The van der Waals surface area contributed by atoms with Gasteiger partial charge in [-0.3, -0.25) is 14.4 Å². The number of nitrogens with zero attached hydrogens (tertiary/aromatic N) is 3. The maximum atomic E-state index is 11.6. The monoisotopic (exact) mass is 479 g/mol. The largest absolute Gasteiger partial charge is 0.324 e. The van der Waals surface area contributed by atoms with Gasteiger partial charge in [-0.15, -0.1) is 0 Å². The molecule has 4 rings (SSSR count). The standard InChI is InChI=1S/C28H25N5O3/c1-17(34)21-6-4-20(5-7-21)16-26-31-27(29-24-12-8-22(9-13-24)18(2)35)33-28(32-26)30-25-14-10-23(11-15-25)19(3)36/h4-15H,16H2,1-3H3,(H2,29,30,31,32,33). The Hall–Kier alpha value is -4.72. The lowest BCUT2D eigenvalue weighted by atomic mass is 10.1. The van der Waals surface area contributed by atoms with Crippen molar-refractivity contribution in [1.82, 2.24) is 15.0 Å². The van der Waals surface area contributed by atoms with Crippen LogP contribution in [0.4, 0.5) is 23.3 Å². The fourth-order valence-corrected chi connectivity index (χ4v) is 3.49. The number of hydrogen-bond acceptors (Lipinski definition) is 8. The first-order valence-corrected chi connectivity index (χ1v) is 11.4. The van der Waals surface area contributed by atoms with Crippen LogP contribution in [0, 0.1) is 0 Å². The summed E-state index contributed by atoms with van der Waals surface area (Å²) in [5.41, 5.74) is 4.26. The van der Waals surface area contributed by atoms with Crippen molar-refractivity contribution in [2.24, 2.45) is 0 Å². The fraction of sp³-hybridized carbons (Fsp3) is 0.143. The van der Waals surface area contributed by atoms with E-state index in [4.69, 9.17) is 0 Å². The first-order chi connectivity index (χ1) is 17.3. The number of aromatic nitrogens is 3. The minimum atomic E-state index is -0.0120. The summed E-state index contributed by atoms with van der Waals surface area (Å²) in [4.78, 5) is 48.3. The zero-order valence-electron chi connectivity index (χ0n) is 20.2. The van der Waals surface area contributed by atoms with Gasteiger partial charge in [0.1, 0.15) is 5.82 Å². The molecular formula is C28H25N5O3. The van der Waals surface area contributed by atoms with Crippen molar-refractivity contribution in [2.45, 2.75) is 27.2 Å². The molecular weight excluding hydrogens is 454 g/mol. The van der Waals surface area contributed by atoms with Crippen LogP contribution in [0.15, 0.2) is 72.8 Å². The Kier molecular flexibility index (Phi) is 7.25. The number of carbonyl (C=O) groups excluding carboxylic acids is 3. The zero-order chi connectivity index (χ0) is 25.7. The zero-order valence-corrected chi connectivity index (χ0v) is 20.2. The van der Waals surface area contributed by atoms with E-state index in [9.17, 15) is 14.4 Å². The quantitative estimate of drug-likeness (QED) is 0.300. The van der Waals surface area contributed by atoms with E-state index in [1.807, 2.05) is 12.1 Å². The van der Waals surface area contributed by atoms with Gasteiger partial charge in [0.2, 0.25) is 11.9 Å². The van der Waals surface area contributed by atoms with E-state index in [0.717, 1.165) is 16.9 Å². The summed E-state index contributed by atoms with van der Waals surface area (Å²) in [7, 11) is 0. The highest BCUT2D eigenvalue weighted by Crippen LogP contribution is 2.20. The molecule has 2 N–H and O–H groups in total. The summed E-state index contributed by atoms with van der Waals surface area (Å²) in [5, 5.41) is 6.34. The van der Waals surface area contributed by atoms with E-state index in [2.05, 4.69) is 25.6 Å². The van der Waals surface area contributed by atoms with Crippen molar-refractivity contribution in [2.75, 3.05) is 10.6 Å². The van der Waals surface area contributed by atoms with Gasteiger partial charge in [0, 0.05) is 34.5 Å². The average molecular weight is 480 g/mol. The number of anilines is 4. The molecule has 0 aliphatic carbocycles. The number of nitrogens with one attached hydrogen (secondary N) is 2. The minimum Gasteiger partial charge on any atom is -0.324 e. The van der Waals surface area contributed by atoms with Crippen molar-refractivity contribution >= 4 is 40.6 Å². The van der Waals surface area contributed by atoms with E-state index >= 15 is 0 Å². The first kappa shape index (κ1) is 24.4. The molecule has 0 saturated heterocycles.